The predicted octanol–water partition coefficient (Wildman–Crippen LogP) is 2.98. The lowest BCUT2D eigenvalue weighted by atomic mass is 9.90. The molecule has 5 nitrogen and oxygen atoms in total. The molecule has 0 fully saturated rings. The van der Waals surface area contributed by atoms with Crippen molar-refractivity contribution in [2.45, 2.75) is 51.5 Å². The number of hydrogen-bond acceptors (Lipinski definition) is 3. The first-order valence-electron chi connectivity index (χ1n) is 10.2. The molecule has 1 aliphatic carbocycles. The van der Waals surface area contributed by atoms with Gasteiger partial charge in [0.2, 0.25) is 0 Å². The highest BCUT2D eigenvalue weighted by atomic mass is 16.1. The standard InChI is InChI=1S/C22H32N4O/c1-4-5-15-25(2)18-11-12-20-19(16-18)21(24-26(20)3)22(27)23-14-13-17-9-7-6-8-10-17/h6-10,18H,4-5,11-16H2,1-3H3,(H,23,27). The van der Waals surface area contributed by atoms with Crippen LogP contribution in [0.1, 0.15) is 53.5 Å². The average molecular weight is 369 g/mol. The molecule has 1 heterocycles. The highest BCUT2D eigenvalue weighted by Crippen LogP contribution is 2.26. The predicted molar refractivity (Wildman–Crippen MR) is 109 cm³/mol. The van der Waals surface area contributed by atoms with E-state index < -0.39 is 0 Å². The number of amides is 1. The van der Waals surface area contributed by atoms with Crippen molar-refractivity contribution in [1.29, 1.82) is 0 Å². The van der Waals surface area contributed by atoms with Gasteiger partial charge in [-0.1, -0.05) is 43.7 Å². The van der Waals surface area contributed by atoms with Crippen LogP contribution < -0.4 is 5.32 Å². The lowest BCUT2D eigenvalue weighted by molar-refractivity contribution is 0.0947. The molecule has 0 saturated carbocycles. The minimum atomic E-state index is -0.0420. The summed E-state index contributed by atoms with van der Waals surface area (Å²) >= 11 is 0. The zero-order valence-corrected chi connectivity index (χ0v) is 16.9. The minimum absolute atomic E-state index is 0.0420. The van der Waals surface area contributed by atoms with Crippen LogP contribution in [0.2, 0.25) is 0 Å². The van der Waals surface area contributed by atoms with Gasteiger partial charge in [-0.05, 0) is 51.3 Å². The van der Waals surface area contributed by atoms with Gasteiger partial charge in [-0.2, -0.15) is 5.10 Å². The molecule has 1 atom stereocenters. The molecular formula is C22H32N4O. The third kappa shape index (κ3) is 4.78. The van der Waals surface area contributed by atoms with Gasteiger partial charge in [0.05, 0.1) is 0 Å². The van der Waals surface area contributed by atoms with Gasteiger partial charge in [0.15, 0.2) is 5.69 Å². The van der Waals surface area contributed by atoms with E-state index in [0.29, 0.717) is 18.3 Å². The number of carbonyl (C=O) groups is 1. The molecule has 1 aromatic heterocycles. The number of nitrogens with zero attached hydrogens (tertiary/aromatic N) is 3. The quantitative estimate of drug-likeness (QED) is 0.779. The summed E-state index contributed by atoms with van der Waals surface area (Å²) in [6, 6.07) is 10.8. The van der Waals surface area contributed by atoms with Crippen molar-refractivity contribution in [3.63, 3.8) is 0 Å². The lowest BCUT2D eigenvalue weighted by Gasteiger charge is -2.31. The first-order valence-corrected chi connectivity index (χ1v) is 10.2. The zero-order valence-electron chi connectivity index (χ0n) is 16.9. The van der Waals surface area contributed by atoms with Crippen molar-refractivity contribution in [3.05, 3.63) is 52.8 Å². The molecule has 1 unspecified atom stereocenters. The van der Waals surface area contributed by atoms with Gasteiger partial charge in [0.1, 0.15) is 0 Å². The summed E-state index contributed by atoms with van der Waals surface area (Å²) in [5.41, 5.74) is 4.23. The molecule has 0 bridgehead atoms. The number of hydrogen-bond donors (Lipinski definition) is 1. The van der Waals surface area contributed by atoms with Crippen molar-refractivity contribution in [2.24, 2.45) is 7.05 Å². The van der Waals surface area contributed by atoms with E-state index in [0.717, 1.165) is 37.8 Å². The van der Waals surface area contributed by atoms with Gasteiger partial charge in [0.25, 0.3) is 5.91 Å². The highest BCUT2D eigenvalue weighted by Gasteiger charge is 2.29. The Kier molecular flexibility index (Phi) is 6.67. The van der Waals surface area contributed by atoms with Gasteiger partial charge >= 0.3 is 0 Å². The Morgan fingerprint density at radius 2 is 2.11 bits per heavy atom. The van der Waals surface area contributed by atoms with Crippen LogP contribution in [0.3, 0.4) is 0 Å². The Morgan fingerprint density at radius 1 is 1.33 bits per heavy atom. The van der Waals surface area contributed by atoms with Crippen LogP contribution in [0.25, 0.3) is 0 Å². The SMILES string of the molecule is CCCCN(C)C1CCc2c(c(C(=O)NCCc3ccccc3)nn2C)C1. The second-order valence-corrected chi connectivity index (χ2v) is 7.62. The van der Waals surface area contributed by atoms with Crippen LogP contribution >= 0.6 is 0 Å². The molecule has 146 valence electrons. The number of aromatic nitrogens is 2. The fourth-order valence-corrected chi connectivity index (χ4v) is 3.97. The van der Waals surface area contributed by atoms with Crippen molar-refractivity contribution >= 4 is 5.91 Å². The minimum Gasteiger partial charge on any atom is -0.350 e. The second kappa shape index (κ2) is 9.18. The second-order valence-electron chi connectivity index (χ2n) is 7.62. The summed E-state index contributed by atoms with van der Waals surface area (Å²) in [6.45, 7) is 3.98. The molecular weight excluding hydrogens is 336 g/mol. The number of unbranched alkanes of at least 4 members (excludes halogenated alkanes) is 1. The van der Waals surface area contributed by atoms with Crippen LogP contribution in [0.5, 0.6) is 0 Å². The number of rotatable bonds is 8. The van der Waals surface area contributed by atoms with Gasteiger partial charge in [-0.25, -0.2) is 0 Å². The third-order valence-corrected chi connectivity index (χ3v) is 5.67. The van der Waals surface area contributed by atoms with E-state index >= 15 is 0 Å². The van der Waals surface area contributed by atoms with E-state index in [1.54, 1.807) is 0 Å². The van der Waals surface area contributed by atoms with Crippen LogP contribution in [0.15, 0.2) is 30.3 Å². The number of aryl methyl sites for hydroxylation is 1. The number of nitrogens with one attached hydrogen (secondary N) is 1. The largest absolute Gasteiger partial charge is 0.350 e. The monoisotopic (exact) mass is 368 g/mol. The van der Waals surface area contributed by atoms with Gasteiger partial charge in [-0.15, -0.1) is 0 Å². The molecule has 27 heavy (non-hydrogen) atoms. The molecule has 0 spiro atoms. The maximum atomic E-state index is 12.8. The number of carbonyl (C=O) groups excluding carboxylic acids is 1. The van der Waals surface area contributed by atoms with Crippen molar-refractivity contribution in [1.82, 2.24) is 20.0 Å². The average Bonchev–Trinajstić information content (AvgIpc) is 3.03. The molecule has 1 amide bonds. The Hall–Kier alpha value is -2.14. The van der Waals surface area contributed by atoms with Crippen LogP contribution in [0, 0.1) is 0 Å². The van der Waals surface area contributed by atoms with Crippen molar-refractivity contribution < 1.29 is 4.79 Å². The first kappa shape index (κ1) is 19.6. The zero-order chi connectivity index (χ0) is 19.2. The molecule has 2 aromatic rings. The van der Waals surface area contributed by atoms with E-state index in [-0.39, 0.29) is 5.91 Å². The van der Waals surface area contributed by atoms with E-state index in [4.69, 9.17) is 0 Å². The summed E-state index contributed by atoms with van der Waals surface area (Å²) in [5.74, 6) is -0.0420. The Balaban J connectivity index is 1.64. The summed E-state index contributed by atoms with van der Waals surface area (Å²) in [4.78, 5) is 15.2. The Labute approximate surface area is 162 Å². The smallest absolute Gasteiger partial charge is 0.272 e. The normalized spacial score (nSPS) is 16.4. The molecule has 1 N–H and O–H groups in total. The van der Waals surface area contributed by atoms with Gasteiger partial charge < -0.3 is 10.2 Å². The molecule has 1 aromatic carbocycles. The van der Waals surface area contributed by atoms with Crippen LogP contribution in [0.4, 0.5) is 0 Å². The van der Waals surface area contributed by atoms with Gasteiger partial charge in [-0.3, -0.25) is 9.48 Å². The fraction of sp³-hybridized carbons (Fsp3) is 0.545. The van der Waals surface area contributed by atoms with Gasteiger partial charge in [0, 0.05) is 30.9 Å². The summed E-state index contributed by atoms with van der Waals surface area (Å²) in [5, 5.41) is 7.62. The van der Waals surface area contributed by atoms with Crippen molar-refractivity contribution in [3.8, 4) is 0 Å². The first-order chi connectivity index (χ1) is 13.1. The number of benzene rings is 1. The lowest BCUT2D eigenvalue weighted by Crippen LogP contribution is -2.38. The summed E-state index contributed by atoms with van der Waals surface area (Å²) < 4.78 is 1.91. The molecule has 0 radical (unpaired) electrons. The van der Waals surface area contributed by atoms with E-state index in [9.17, 15) is 4.79 Å². The number of fused-ring (bicyclic) bond motifs is 1. The Morgan fingerprint density at radius 3 is 2.85 bits per heavy atom. The summed E-state index contributed by atoms with van der Waals surface area (Å²) in [6.07, 6.45) is 6.33. The maximum absolute atomic E-state index is 12.8. The molecule has 0 saturated heterocycles. The highest BCUT2D eigenvalue weighted by molar-refractivity contribution is 5.94. The van der Waals surface area contributed by atoms with Crippen LogP contribution in [-0.2, 0) is 26.3 Å². The molecule has 5 heteroatoms. The van der Waals surface area contributed by atoms with E-state index in [1.165, 1.54) is 24.1 Å². The maximum Gasteiger partial charge on any atom is 0.272 e. The Bertz CT molecular complexity index is 753. The molecule has 0 aliphatic heterocycles. The van der Waals surface area contributed by atoms with Crippen LogP contribution in [-0.4, -0.2) is 46.8 Å². The van der Waals surface area contributed by atoms with Crippen molar-refractivity contribution in [2.75, 3.05) is 20.1 Å². The molecule has 1 aliphatic rings. The fourth-order valence-electron chi connectivity index (χ4n) is 3.97. The summed E-state index contributed by atoms with van der Waals surface area (Å²) in [7, 11) is 4.17. The topological polar surface area (TPSA) is 50.2 Å². The van der Waals surface area contributed by atoms with E-state index in [2.05, 4.69) is 41.4 Å². The third-order valence-electron chi connectivity index (χ3n) is 5.67. The van der Waals surface area contributed by atoms with E-state index in [1.807, 2.05) is 29.9 Å². The molecule has 3 rings (SSSR count). The number of likely N-dealkylation sites (N-methyl/N-ethyl adjacent to an activating group) is 1.